The van der Waals surface area contributed by atoms with Crippen molar-refractivity contribution in [3.8, 4) is 0 Å². The summed E-state index contributed by atoms with van der Waals surface area (Å²) < 4.78 is 12.6. The van der Waals surface area contributed by atoms with E-state index in [9.17, 15) is 24.3 Å². The number of benzene rings is 1. The Morgan fingerprint density at radius 2 is 1.79 bits per heavy atom. The van der Waals surface area contributed by atoms with Crippen molar-refractivity contribution in [1.82, 2.24) is 15.1 Å². The van der Waals surface area contributed by atoms with Gasteiger partial charge in [-0.25, -0.2) is 0 Å². The average Bonchev–Trinajstić information content (AvgIpc) is 3.60. The zero-order valence-corrected chi connectivity index (χ0v) is 25.4. The summed E-state index contributed by atoms with van der Waals surface area (Å²) in [7, 11) is 0. The van der Waals surface area contributed by atoms with Crippen LogP contribution in [0.15, 0.2) is 54.6 Å². The number of hydrogen-bond acceptors (Lipinski definition) is 7. The van der Waals surface area contributed by atoms with Gasteiger partial charge >= 0.3 is 5.97 Å². The number of carbonyl (C=O) groups is 4. The first-order valence-corrected chi connectivity index (χ1v) is 15.3. The van der Waals surface area contributed by atoms with Gasteiger partial charge in [0.25, 0.3) is 0 Å². The van der Waals surface area contributed by atoms with Crippen molar-refractivity contribution in [2.24, 2.45) is 11.8 Å². The number of esters is 1. The molecule has 2 saturated heterocycles. The first kappa shape index (κ1) is 30.9. The number of aliphatic hydroxyl groups is 1. The van der Waals surface area contributed by atoms with Crippen LogP contribution < -0.4 is 5.32 Å². The summed E-state index contributed by atoms with van der Waals surface area (Å²) in [5.41, 5.74) is -1.19. The molecule has 1 aromatic carbocycles. The van der Waals surface area contributed by atoms with Crippen LogP contribution in [0, 0.1) is 11.8 Å². The Morgan fingerprint density at radius 3 is 2.49 bits per heavy atom. The maximum absolute atomic E-state index is 14.5. The average molecular weight is 594 g/mol. The van der Waals surface area contributed by atoms with Crippen LogP contribution in [0.2, 0.25) is 0 Å². The van der Waals surface area contributed by atoms with Crippen molar-refractivity contribution in [3.05, 3.63) is 60.2 Å². The number of cyclic esters (lactones) is 1. The van der Waals surface area contributed by atoms with Crippen molar-refractivity contribution >= 4 is 23.7 Å². The third-order valence-electron chi connectivity index (χ3n) is 8.97. The topological polar surface area (TPSA) is 125 Å². The van der Waals surface area contributed by atoms with Gasteiger partial charge in [-0.2, -0.15) is 0 Å². The third kappa shape index (κ3) is 5.74. The maximum Gasteiger partial charge on any atom is 0.313 e. The number of likely N-dealkylation sites (tertiary alicyclic amines) is 1. The van der Waals surface area contributed by atoms with E-state index in [1.54, 1.807) is 28.9 Å². The molecule has 2 fully saturated rings. The number of ether oxygens (including phenoxy) is 2. The van der Waals surface area contributed by atoms with Gasteiger partial charge in [-0.15, -0.1) is 0 Å². The molecule has 1 spiro atoms. The monoisotopic (exact) mass is 593 g/mol. The summed E-state index contributed by atoms with van der Waals surface area (Å²) in [5.74, 6) is -3.27. The molecule has 1 aromatic rings. The molecule has 4 aliphatic heterocycles. The number of rotatable bonds is 5. The zero-order chi connectivity index (χ0) is 30.9. The number of fused-ring (bicyclic) bond motifs is 2. The smallest absolute Gasteiger partial charge is 0.313 e. The van der Waals surface area contributed by atoms with Gasteiger partial charge in [0.2, 0.25) is 17.7 Å². The van der Waals surface area contributed by atoms with Crippen molar-refractivity contribution in [3.63, 3.8) is 0 Å². The predicted octanol–water partition coefficient (Wildman–Crippen LogP) is 2.68. The molecule has 4 aliphatic rings. The molecule has 43 heavy (non-hydrogen) atoms. The van der Waals surface area contributed by atoms with Crippen LogP contribution in [0.3, 0.4) is 0 Å². The number of hydrogen-bond donors (Lipinski definition) is 2. The number of carbonyl (C=O) groups excluding carboxylic acids is 4. The lowest BCUT2D eigenvalue weighted by Gasteiger charge is -2.41. The van der Waals surface area contributed by atoms with Crippen LogP contribution >= 0.6 is 0 Å². The molecular weight excluding hydrogens is 550 g/mol. The van der Waals surface area contributed by atoms with Gasteiger partial charge in [-0.05, 0) is 52.5 Å². The first-order valence-electron chi connectivity index (χ1n) is 15.3. The van der Waals surface area contributed by atoms with Gasteiger partial charge in [0.15, 0.2) is 0 Å². The van der Waals surface area contributed by atoms with Gasteiger partial charge in [0.05, 0.1) is 18.1 Å². The van der Waals surface area contributed by atoms with Gasteiger partial charge in [-0.1, -0.05) is 54.6 Å². The lowest BCUT2D eigenvalue weighted by atomic mass is 9.74. The van der Waals surface area contributed by atoms with Crippen LogP contribution in [0.5, 0.6) is 0 Å². The summed E-state index contributed by atoms with van der Waals surface area (Å²) in [6.07, 6.45) is 7.49. The molecule has 7 atom stereocenters. The lowest BCUT2D eigenvalue weighted by Crippen LogP contribution is -2.59. The molecule has 5 bridgehead atoms. The summed E-state index contributed by atoms with van der Waals surface area (Å²) in [4.78, 5) is 58.9. The SMILES string of the molecule is C[C@@H]1NC(=O)CC/C=C\CN(C(C)(C)C)C(=O)[C@H]2N(CCCCO)C(=O)[C@@H]3[C@@H](C(=O)O[C@H]1c1ccccc1)[C@H]1C=C[C@]32O1. The van der Waals surface area contributed by atoms with E-state index in [0.29, 0.717) is 24.8 Å². The normalized spacial score (nSPS) is 33.9. The Hall–Kier alpha value is -3.50. The second-order valence-corrected chi connectivity index (χ2v) is 12.9. The molecule has 10 heteroatoms. The van der Waals surface area contributed by atoms with E-state index in [1.165, 1.54) is 0 Å². The van der Waals surface area contributed by atoms with Crippen LogP contribution in [0.1, 0.15) is 65.0 Å². The van der Waals surface area contributed by atoms with E-state index < -0.39 is 53.2 Å². The summed E-state index contributed by atoms with van der Waals surface area (Å²) in [6.45, 7) is 8.11. The second kappa shape index (κ2) is 12.2. The highest BCUT2D eigenvalue weighted by Crippen LogP contribution is 2.56. The van der Waals surface area contributed by atoms with E-state index in [1.807, 2.05) is 63.3 Å². The molecule has 3 amide bonds. The minimum absolute atomic E-state index is 0.0306. The minimum Gasteiger partial charge on any atom is -0.455 e. The van der Waals surface area contributed by atoms with Crippen molar-refractivity contribution in [1.29, 1.82) is 0 Å². The molecule has 5 rings (SSSR count). The van der Waals surface area contributed by atoms with Crippen molar-refractivity contribution in [2.45, 2.75) is 88.8 Å². The molecule has 232 valence electrons. The minimum atomic E-state index is -1.31. The van der Waals surface area contributed by atoms with E-state index >= 15 is 0 Å². The highest BCUT2D eigenvalue weighted by molar-refractivity contribution is 5.99. The van der Waals surface area contributed by atoms with Crippen LogP contribution in [-0.4, -0.2) is 87.6 Å². The fourth-order valence-electron chi connectivity index (χ4n) is 6.91. The molecule has 0 unspecified atom stereocenters. The fourth-order valence-corrected chi connectivity index (χ4v) is 6.91. The van der Waals surface area contributed by atoms with Crippen molar-refractivity contribution in [2.75, 3.05) is 19.7 Å². The quantitative estimate of drug-likeness (QED) is 0.306. The summed E-state index contributed by atoms with van der Waals surface area (Å²) in [6, 6.07) is 7.70. The number of unbranched alkanes of at least 4 members (excludes halogenated alkanes) is 1. The molecule has 0 radical (unpaired) electrons. The van der Waals surface area contributed by atoms with Crippen LogP contribution in [-0.2, 0) is 28.7 Å². The van der Waals surface area contributed by atoms with Gasteiger partial charge in [0.1, 0.15) is 23.7 Å². The number of nitrogens with one attached hydrogen (secondary N) is 1. The first-order chi connectivity index (χ1) is 20.5. The standard InChI is InChI=1S/C33H43N3O7/c1-21-27(22-13-7-5-8-14-22)42-31(41)25-23-16-17-33(43-23)26(25)29(39)35(18-11-12-20-37)28(33)30(40)36(32(2,3)4)19-10-6-9-15-24(38)34-21/h5-8,10,13-14,16-17,21,23,25-28,37H,9,11-12,15,18-20H2,1-4H3,(H,34,38)/b10-6-/t21-,23+,25-,26-,27+,28+,33-/m0/s1. The highest BCUT2D eigenvalue weighted by Gasteiger charge is 2.73. The van der Waals surface area contributed by atoms with E-state index in [4.69, 9.17) is 9.47 Å². The molecule has 0 aromatic heterocycles. The summed E-state index contributed by atoms with van der Waals surface area (Å²) in [5, 5.41) is 12.4. The zero-order valence-electron chi connectivity index (χ0n) is 25.4. The molecule has 4 heterocycles. The Morgan fingerprint density at radius 1 is 1.05 bits per heavy atom. The predicted molar refractivity (Wildman–Crippen MR) is 158 cm³/mol. The molecule has 2 N–H and O–H groups in total. The van der Waals surface area contributed by atoms with E-state index in [-0.39, 0.29) is 43.8 Å². The molecule has 0 aliphatic carbocycles. The molecule has 10 nitrogen and oxygen atoms in total. The Bertz CT molecular complexity index is 1290. The van der Waals surface area contributed by atoms with Crippen LogP contribution in [0.25, 0.3) is 0 Å². The Labute approximate surface area is 253 Å². The largest absolute Gasteiger partial charge is 0.455 e. The van der Waals surface area contributed by atoms with E-state index in [0.717, 1.165) is 0 Å². The Kier molecular flexibility index (Phi) is 8.81. The third-order valence-corrected chi connectivity index (χ3v) is 8.97. The Balaban J connectivity index is 1.58. The highest BCUT2D eigenvalue weighted by atomic mass is 16.6. The van der Waals surface area contributed by atoms with Gasteiger partial charge in [-0.3, -0.25) is 19.2 Å². The number of aliphatic hydroxyl groups excluding tert-OH is 1. The number of nitrogens with zero attached hydrogens (tertiary/aromatic N) is 2. The van der Waals surface area contributed by atoms with Gasteiger partial charge in [0, 0.05) is 31.7 Å². The number of amides is 3. The van der Waals surface area contributed by atoms with Gasteiger partial charge < -0.3 is 29.7 Å². The molecule has 0 saturated carbocycles. The lowest BCUT2D eigenvalue weighted by molar-refractivity contribution is -0.161. The fraction of sp³-hybridized carbons (Fsp3) is 0.576. The second-order valence-electron chi connectivity index (χ2n) is 12.9. The maximum atomic E-state index is 14.5. The van der Waals surface area contributed by atoms with E-state index in [2.05, 4.69) is 5.32 Å². The number of allylic oxidation sites excluding steroid dienone is 1. The van der Waals surface area contributed by atoms with Crippen molar-refractivity contribution < 1.29 is 33.8 Å². The summed E-state index contributed by atoms with van der Waals surface area (Å²) >= 11 is 0. The van der Waals surface area contributed by atoms with Crippen LogP contribution in [0.4, 0.5) is 0 Å². The molecular formula is C33H43N3O7.